The fourth-order valence-electron chi connectivity index (χ4n) is 1.83. The molecule has 0 aromatic heterocycles. The molecule has 7 heteroatoms. The third-order valence-corrected chi connectivity index (χ3v) is 2.71. The van der Waals surface area contributed by atoms with E-state index in [9.17, 15) is 22.8 Å². The van der Waals surface area contributed by atoms with Gasteiger partial charge in [-0.25, -0.2) is 0 Å². The second-order valence-electron chi connectivity index (χ2n) is 3.82. The van der Waals surface area contributed by atoms with Crippen LogP contribution in [-0.4, -0.2) is 35.5 Å². The lowest BCUT2D eigenvalue weighted by atomic mass is 10.1. The zero-order valence-corrected chi connectivity index (χ0v) is 8.75. The summed E-state index contributed by atoms with van der Waals surface area (Å²) in [6.07, 6.45) is -4.76. The summed E-state index contributed by atoms with van der Waals surface area (Å²) < 4.78 is 37.1. The fourth-order valence-corrected chi connectivity index (χ4v) is 1.83. The minimum atomic E-state index is -4.40. The van der Waals surface area contributed by atoms with Crippen molar-refractivity contribution in [3.63, 3.8) is 0 Å². The van der Waals surface area contributed by atoms with Crippen LogP contribution in [0.2, 0.25) is 0 Å². The van der Waals surface area contributed by atoms with Crippen LogP contribution in [0.4, 0.5) is 13.2 Å². The third kappa shape index (κ3) is 2.45. The van der Waals surface area contributed by atoms with E-state index in [1.54, 1.807) is 6.92 Å². The van der Waals surface area contributed by atoms with Crippen LogP contribution in [0.1, 0.15) is 19.8 Å². The number of hydrogen-bond acceptors (Lipinski definition) is 2. The normalized spacial score (nSPS) is 23.6. The van der Waals surface area contributed by atoms with Gasteiger partial charge < -0.3 is 10.6 Å². The lowest BCUT2D eigenvalue weighted by Gasteiger charge is -2.24. The number of primary amides is 1. The van der Waals surface area contributed by atoms with Crippen LogP contribution in [0.25, 0.3) is 0 Å². The van der Waals surface area contributed by atoms with Gasteiger partial charge >= 0.3 is 6.18 Å². The van der Waals surface area contributed by atoms with Gasteiger partial charge in [-0.15, -0.1) is 0 Å². The average Bonchev–Trinajstić information content (AvgIpc) is 2.48. The Morgan fingerprint density at radius 1 is 1.62 bits per heavy atom. The third-order valence-electron chi connectivity index (χ3n) is 2.71. The Morgan fingerprint density at radius 2 is 2.19 bits per heavy atom. The number of carbonyl (C=O) groups is 2. The van der Waals surface area contributed by atoms with Gasteiger partial charge in [0.25, 0.3) is 0 Å². The molecule has 2 N–H and O–H groups in total. The molecule has 0 aliphatic carbocycles. The molecule has 2 amide bonds. The first kappa shape index (κ1) is 12.8. The Labute approximate surface area is 90.6 Å². The molecule has 1 heterocycles. The van der Waals surface area contributed by atoms with Crippen LogP contribution >= 0.6 is 0 Å². The SMILES string of the molecule is CC[C@@H](C(N)=O)N1C[C@H](C(F)(F)F)CC1=O. The smallest absolute Gasteiger partial charge is 0.368 e. The number of nitrogens with zero attached hydrogens (tertiary/aromatic N) is 1. The lowest BCUT2D eigenvalue weighted by molar-refractivity contribution is -0.171. The summed E-state index contributed by atoms with van der Waals surface area (Å²) in [5.74, 6) is -3.11. The first-order valence-electron chi connectivity index (χ1n) is 4.92. The van der Waals surface area contributed by atoms with Crippen LogP contribution < -0.4 is 5.73 Å². The van der Waals surface area contributed by atoms with E-state index >= 15 is 0 Å². The number of carbonyl (C=O) groups excluding carboxylic acids is 2. The van der Waals surface area contributed by atoms with Crippen molar-refractivity contribution in [3.05, 3.63) is 0 Å². The first-order valence-corrected chi connectivity index (χ1v) is 4.92. The number of rotatable bonds is 3. The van der Waals surface area contributed by atoms with Crippen molar-refractivity contribution >= 4 is 11.8 Å². The predicted octanol–water partition coefficient (Wildman–Crippen LogP) is 0.661. The van der Waals surface area contributed by atoms with Gasteiger partial charge in [0.1, 0.15) is 6.04 Å². The van der Waals surface area contributed by atoms with E-state index in [0.29, 0.717) is 0 Å². The van der Waals surface area contributed by atoms with Crippen molar-refractivity contribution in [2.75, 3.05) is 6.54 Å². The van der Waals surface area contributed by atoms with E-state index in [1.807, 2.05) is 0 Å². The van der Waals surface area contributed by atoms with Crippen molar-refractivity contribution in [2.45, 2.75) is 32.0 Å². The van der Waals surface area contributed by atoms with Crippen LogP contribution in [-0.2, 0) is 9.59 Å². The maximum Gasteiger partial charge on any atom is 0.394 e. The maximum atomic E-state index is 12.4. The van der Waals surface area contributed by atoms with E-state index in [1.165, 1.54) is 0 Å². The Morgan fingerprint density at radius 3 is 2.50 bits per heavy atom. The Balaban J connectivity index is 2.78. The molecule has 1 rings (SSSR count). The van der Waals surface area contributed by atoms with Gasteiger partial charge in [0.05, 0.1) is 5.92 Å². The van der Waals surface area contributed by atoms with Crippen LogP contribution in [0, 0.1) is 5.92 Å². The lowest BCUT2D eigenvalue weighted by Crippen LogP contribution is -2.45. The molecule has 1 aliphatic heterocycles. The minimum Gasteiger partial charge on any atom is -0.368 e. The molecular formula is C9H13F3N2O2. The standard InChI is InChI=1S/C9H13F3N2O2/c1-2-6(8(13)16)14-4-5(3-7(14)15)9(10,11)12/h5-6H,2-4H2,1H3,(H2,13,16)/t5-,6+/m1/s1. The van der Waals surface area contributed by atoms with Crippen molar-refractivity contribution < 1.29 is 22.8 Å². The summed E-state index contributed by atoms with van der Waals surface area (Å²) in [5, 5.41) is 0. The second-order valence-corrected chi connectivity index (χ2v) is 3.82. The molecule has 1 aliphatic rings. The molecule has 0 aromatic carbocycles. The molecule has 0 radical (unpaired) electrons. The molecule has 2 atom stereocenters. The summed E-state index contributed by atoms with van der Waals surface area (Å²) >= 11 is 0. The van der Waals surface area contributed by atoms with Crippen molar-refractivity contribution in [3.8, 4) is 0 Å². The summed E-state index contributed by atoms with van der Waals surface area (Å²) in [5.41, 5.74) is 5.03. The number of halogens is 3. The van der Waals surface area contributed by atoms with Crippen LogP contribution in [0.15, 0.2) is 0 Å². The molecule has 1 saturated heterocycles. The van der Waals surface area contributed by atoms with Gasteiger partial charge in [0, 0.05) is 13.0 Å². The van der Waals surface area contributed by atoms with E-state index < -0.39 is 42.9 Å². The number of amides is 2. The van der Waals surface area contributed by atoms with E-state index in [2.05, 4.69) is 0 Å². The fraction of sp³-hybridized carbons (Fsp3) is 0.778. The highest BCUT2D eigenvalue weighted by atomic mass is 19.4. The number of hydrogen-bond donors (Lipinski definition) is 1. The maximum absolute atomic E-state index is 12.4. The van der Waals surface area contributed by atoms with Crippen LogP contribution in [0.3, 0.4) is 0 Å². The van der Waals surface area contributed by atoms with Gasteiger partial charge in [-0.2, -0.15) is 13.2 Å². The highest BCUT2D eigenvalue weighted by Gasteiger charge is 2.48. The molecule has 0 aromatic rings. The van der Waals surface area contributed by atoms with Crippen molar-refractivity contribution in [1.82, 2.24) is 4.90 Å². The van der Waals surface area contributed by atoms with E-state index in [-0.39, 0.29) is 6.42 Å². The Kier molecular flexibility index (Phi) is 3.44. The van der Waals surface area contributed by atoms with E-state index in [4.69, 9.17) is 5.73 Å². The van der Waals surface area contributed by atoms with Gasteiger partial charge in [0.2, 0.25) is 11.8 Å². The van der Waals surface area contributed by atoms with Crippen molar-refractivity contribution in [1.29, 1.82) is 0 Å². The molecule has 1 fully saturated rings. The highest BCUT2D eigenvalue weighted by molar-refractivity contribution is 5.87. The number of likely N-dealkylation sites (tertiary alicyclic amines) is 1. The zero-order valence-electron chi connectivity index (χ0n) is 8.75. The van der Waals surface area contributed by atoms with Gasteiger partial charge in [-0.3, -0.25) is 9.59 Å². The first-order chi connectivity index (χ1) is 7.27. The molecular weight excluding hydrogens is 225 g/mol. The Bertz CT molecular complexity index is 304. The molecule has 0 bridgehead atoms. The van der Waals surface area contributed by atoms with Gasteiger partial charge in [0.15, 0.2) is 0 Å². The largest absolute Gasteiger partial charge is 0.394 e. The van der Waals surface area contributed by atoms with Crippen LogP contribution in [0.5, 0.6) is 0 Å². The molecule has 4 nitrogen and oxygen atoms in total. The molecule has 92 valence electrons. The highest BCUT2D eigenvalue weighted by Crippen LogP contribution is 2.35. The van der Waals surface area contributed by atoms with Crippen molar-refractivity contribution in [2.24, 2.45) is 11.7 Å². The quantitative estimate of drug-likeness (QED) is 0.785. The summed E-state index contributed by atoms with van der Waals surface area (Å²) in [7, 11) is 0. The summed E-state index contributed by atoms with van der Waals surface area (Å²) in [6, 6.07) is -0.931. The number of alkyl halides is 3. The minimum absolute atomic E-state index is 0.228. The summed E-state index contributed by atoms with van der Waals surface area (Å²) in [4.78, 5) is 23.3. The molecule has 0 saturated carbocycles. The molecule has 0 spiro atoms. The topological polar surface area (TPSA) is 63.4 Å². The number of nitrogens with two attached hydrogens (primary N) is 1. The predicted molar refractivity (Wildman–Crippen MR) is 49.1 cm³/mol. The molecule has 0 unspecified atom stereocenters. The van der Waals surface area contributed by atoms with Gasteiger partial charge in [-0.1, -0.05) is 6.92 Å². The van der Waals surface area contributed by atoms with E-state index in [0.717, 1.165) is 4.90 Å². The van der Waals surface area contributed by atoms with Gasteiger partial charge in [-0.05, 0) is 6.42 Å². The average molecular weight is 238 g/mol. The molecule has 16 heavy (non-hydrogen) atoms. The zero-order chi connectivity index (χ0) is 12.5. The second kappa shape index (κ2) is 4.31. The Hall–Kier alpha value is -1.27. The monoisotopic (exact) mass is 238 g/mol. The summed E-state index contributed by atoms with van der Waals surface area (Å²) in [6.45, 7) is 1.13.